The Balaban J connectivity index is 1.28. The Bertz CT molecular complexity index is 1090. The first-order valence-electron chi connectivity index (χ1n) is 9.59. The quantitative estimate of drug-likeness (QED) is 0.369. The second-order valence-corrected chi connectivity index (χ2v) is 7.58. The van der Waals surface area contributed by atoms with E-state index in [2.05, 4.69) is 31.8 Å². The van der Waals surface area contributed by atoms with Crippen molar-refractivity contribution in [3.05, 3.63) is 82.3 Å². The van der Waals surface area contributed by atoms with Gasteiger partial charge in [0, 0.05) is 21.8 Å². The maximum atomic E-state index is 12.1. The van der Waals surface area contributed by atoms with Crippen molar-refractivity contribution in [2.75, 3.05) is 18.7 Å². The van der Waals surface area contributed by atoms with Crippen LogP contribution in [0.15, 0.2) is 76.3 Å². The molecule has 0 bridgehead atoms. The zero-order valence-electron chi connectivity index (χ0n) is 16.5. The van der Waals surface area contributed by atoms with E-state index < -0.39 is 0 Å². The number of benzene rings is 3. The molecule has 7 nitrogen and oxygen atoms in total. The van der Waals surface area contributed by atoms with Gasteiger partial charge in [-0.25, -0.2) is 5.43 Å². The Morgan fingerprint density at radius 3 is 2.74 bits per heavy atom. The third kappa shape index (κ3) is 5.76. The van der Waals surface area contributed by atoms with Gasteiger partial charge in [0.2, 0.25) is 6.79 Å². The molecule has 0 saturated heterocycles. The lowest BCUT2D eigenvalue weighted by Gasteiger charge is -2.09. The smallest absolute Gasteiger partial charge is 0.259 e. The van der Waals surface area contributed by atoms with Gasteiger partial charge in [-0.2, -0.15) is 5.10 Å². The highest BCUT2D eigenvalue weighted by atomic mass is 79.9. The fourth-order valence-corrected chi connectivity index (χ4v) is 3.13. The molecule has 1 aliphatic heterocycles. The standard InChI is InChI=1S/C23H20BrN3O4/c24-18-7-5-16(6-8-18)14-29-20-4-2-1-3-17(20)12-26-27-23(28)13-25-19-9-10-21-22(11-19)31-15-30-21/h1-12,25H,13-15H2,(H,27,28)/b26-12+. The number of anilines is 1. The number of nitrogens with zero attached hydrogens (tertiary/aromatic N) is 1. The van der Waals surface area contributed by atoms with Crippen molar-refractivity contribution in [2.24, 2.45) is 5.10 Å². The second-order valence-electron chi connectivity index (χ2n) is 6.67. The summed E-state index contributed by atoms with van der Waals surface area (Å²) >= 11 is 3.42. The van der Waals surface area contributed by atoms with Crippen LogP contribution in [0.5, 0.6) is 17.2 Å². The van der Waals surface area contributed by atoms with Gasteiger partial charge in [-0.3, -0.25) is 4.79 Å². The van der Waals surface area contributed by atoms with Gasteiger partial charge in [-0.15, -0.1) is 0 Å². The average molecular weight is 482 g/mol. The van der Waals surface area contributed by atoms with Gasteiger partial charge in [0.25, 0.3) is 5.91 Å². The van der Waals surface area contributed by atoms with E-state index in [1.807, 2.05) is 54.6 Å². The summed E-state index contributed by atoms with van der Waals surface area (Å²) in [6.07, 6.45) is 1.56. The monoisotopic (exact) mass is 481 g/mol. The SMILES string of the molecule is O=C(CNc1ccc2c(c1)OCO2)N/N=C/c1ccccc1OCc1ccc(Br)cc1. The highest BCUT2D eigenvalue weighted by Gasteiger charge is 2.13. The number of carbonyl (C=O) groups excluding carboxylic acids is 1. The lowest BCUT2D eigenvalue weighted by molar-refractivity contribution is -0.119. The number of halogens is 1. The minimum atomic E-state index is -0.276. The molecule has 3 aromatic carbocycles. The van der Waals surface area contributed by atoms with Crippen LogP contribution in [0.3, 0.4) is 0 Å². The maximum absolute atomic E-state index is 12.1. The number of hydrazone groups is 1. The first-order chi connectivity index (χ1) is 15.2. The average Bonchev–Trinajstić information content (AvgIpc) is 3.26. The van der Waals surface area contributed by atoms with E-state index in [-0.39, 0.29) is 19.2 Å². The minimum Gasteiger partial charge on any atom is -0.488 e. The van der Waals surface area contributed by atoms with E-state index in [1.54, 1.807) is 18.3 Å². The third-order valence-electron chi connectivity index (χ3n) is 4.45. The molecule has 1 aliphatic rings. The molecule has 0 spiro atoms. The summed E-state index contributed by atoms with van der Waals surface area (Å²) < 4.78 is 17.5. The number of ether oxygens (including phenoxy) is 3. The Morgan fingerprint density at radius 2 is 1.87 bits per heavy atom. The van der Waals surface area contributed by atoms with E-state index in [4.69, 9.17) is 14.2 Å². The summed E-state index contributed by atoms with van der Waals surface area (Å²) in [4.78, 5) is 12.1. The van der Waals surface area contributed by atoms with Crippen molar-refractivity contribution in [1.29, 1.82) is 0 Å². The number of amides is 1. The number of hydrogen-bond donors (Lipinski definition) is 2. The molecule has 0 atom stereocenters. The minimum absolute atomic E-state index is 0.0682. The van der Waals surface area contributed by atoms with Crippen LogP contribution in [0, 0.1) is 0 Å². The first kappa shape index (κ1) is 20.7. The molecule has 4 rings (SSSR count). The molecule has 8 heteroatoms. The molecule has 1 amide bonds. The van der Waals surface area contributed by atoms with Crippen molar-refractivity contribution in [1.82, 2.24) is 5.43 Å². The normalized spacial score (nSPS) is 12.0. The van der Waals surface area contributed by atoms with Crippen molar-refractivity contribution >= 4 is 33.7 Å². The third-order valence-corrected chi connectivity index (χ3v) is 4.97. The fourth-order valence-electron chi connectivity index (χ4n) is 2.86. The van der Waals surface area contributed by atoms with E-state index in [0.717, 1.165) is 21.3 Å². The van der Waals surface area contributed by atoms with E-state index in [9.17, 15) is 4.79 Å². The van der Waals surface area contributed by atoms with Gasteiger partial charge in [0.05, 0.1) is 12.8 Å². The summed E-state index contributed by atoms with van der Waals surface area (Å²) in [5, 5.41) is 7.07. The number of fused-ring (bicyclic) bond motifs is 1. The summed E-state index contributed by atoms with van der Waals surface area (Å²) in [7, 11) is 0. The summed E-state index contributed by atoms with van der Waals surface area (Å²) in [6.45, 7) is 0.713. The highest BCUT2D eigenvalue weighted by molar-refractivity contribution is 9.10. The fraction of sp³-hybridized carbons (Fsp3) is 0.130. The van der Waals surface area contributed by atoms with Gasteiger partial charge in [0.1, 0.15) is 12.4 Å². The zero-order valence-corrected chi connectivity index (χ0v) is 18.1. The molecular weight excluding hydrogens is 462 g/mol. The Morgan fingerprint density at radius 1 is 1.06 bits per heavy atom. The topological polar surface area (TPSA) is 81.2 Å². The molecule has 0 fully saturated rings. The van der Waals surface area contributed by atoms with Gasteiger partial charge >= 0.3 is 0 Å². The highest BCUT2D eigenvalue weighted by Crippen LogP contribution is 2.34. The summed E-state index contributed by atoms with van der Waals surface area (Å²) in [5.74, 6) is 1.76. The molecule has 0 aliphatic carbocycles. The maximum Gasteiger partial charge on any atom is 0.259 e. The molecule has 158 valence electrons. The molecule has 0 saturated carbocycles. The van der Waals surface area contributed by atoms with Gasteiger partial charge < -0.3 is 19.5 Å². The summed E-state index contributed by atoms with van der Waals surface area (Å²) in [5.41, 5.74) is 5.09. The number of para-hydroxylation sites is 1. The number of rotatable bonds is 8. The van der Waals surface area contributed by atoms with Crippen LogP contribution in [0.4, 0.5) is 5.69 Å². The molecule has 3 aromatic rings. The Kier molecular flexibility index (Phi) is 6.68. The van der Waals surface area contributed by atoms with Crippen molar-refractivity contribution in [2.45, 2.75) is 6.61 Å². The van der Waals surface area contributed by atoms with Crippen LogP contribution >= 0.6 is 15.9 Å². The molecule has 0 aromatic heterocycles. The molecule has 0 radical (unpaired) electrons. The zero-order chi connectivity index (χ0) is 21.5. The van der Waals surface area contributed by atoms with Gasteiger partial charge in [-0.1, -0.05) is 40.2 Å². The van der Waals surface area contributed by atoms with Crippen LogP contribution in [-0.4, -0.2) is 25.5 Å². The number of hydrogen-bond acceptors (Lipinski definition) is 6. The van der Waals surface area contributed by atoms with Crippen molar-refractivity contribution < 1.29 is 19.0 Å². The van der Waals surface area contributed by atoms with E-state index in [1.165, 1.54) is 0 Å². The first-order valence-corrected chi connectivity index (χ1v) is 10.4. The van der Waals surface area contributed by atoms with Crippen molar-refractivity contribution in [3.8, 4) is 17.2 Å². The lowest BCUT2D eigenvalue weighted by atomic mass is 10.2. The predicted molar refractivity (Wildman–Crippen MR) is 122 cm³/mol. The summed E-state index contributed by atoms with van der Waals surface area (Å²) in [6, 6.07) is 20.9. The molecule has 0 unspecified atom stereocenters. The van der Waals surface area contributed by atoms with Gasteiger partial charge in [0.15, 0.2) is 11.5 Å². The molecular formula is C23H20BrN3O4. The van der Waals surface area contributed by atoms with Crippen LogP contribution in [0.2, 0.25) is 0 Å². The van der Waals surface area contributed by atoms with E-state index in [0.29, 0.717) is 23.9 Å². The Hall–Kier alpha value is -3.52. The second kappa shape index (κ2) is 9.99. The largest absolute Gasteiger partial charge is 0.488 e. The van der Waals surface area contributed by atoms with Crippen LogP contribution in [-0.2, 0) is 11.4 Å². The van der Waals surface area contributed by atoms with Crippen LogP contribution in [0.25, 0.3) is 0 Å². The van der Waals surface area contributed by atoms with E-state index >= 15 is 0 Å². The molecule has 2 N–H and O–H groups in total. The predicted octanol–water partition coefficient (Wildman–Crippen LogP) is 4.32. The van der Waals surface area contributed by atoms with Gasteiger partial charge in [-0.05, 0) is 42.0 Å². The number of carbonyl (C=O) groups is 1. The lowest BCUT2D eigenvalue weighted by Crippen LogP contribution is -2.25. The van der Waals surface area contributed by atoms with Crippen molar-refractivity contribution in [3.63, 3.8) is 0 Å². The Labute approximate surface area is 188 Å². The van der Waals surface area contributed by atoms with Crippen LogP contribution in [0.1, 0.15) is 11.1 Å². The molecule has 1 heterocycles. The number of nitrogens with one attached hydrogen (secondary N) is 2. The van der Waals surface area contributed by atoms with Crippen LogP contribution < -0.4 is 25.0 Å². The molecule has 31 heavy (non-hydrogen) atoms.